The number of nitrogens with one attached hydrogen (secondary N) is 1. The molecule has 0 spiro atoms. The Morgan fingerprint density at radius 1 is 1.48 bits per heavy atom. The van der Waals surface area contributed by atoms with E-state index < -0.39 is 0 Å². The molecule has 1 aliphatic rings. The Labute approximate surface area is 138 Å². The Kier molecular flexibility index (Phi) is 6.80. The lowest BCUT2D eigenvalue weighted by Gasteiger charge is -2.31. The highest BCUT2D eigenvalue weighted by Crippen LogP contribution is 2.15. The number of hydrogen-bond donors (Lipinski definition) is 2. The molecule has 0 aliphatic carbocycles. The quantitative estimate of drug-likeness (QED) is 0.827. The smallest absolute Gasteiger partial charge is 0.317 e. The largest absolute Gasteiger partial charge is 0.396 e. The van der Waals surface area contributed by atoms with E-state index in [9.17, 15) is 4.79 Å². The molecule has 23 heavy (non-hydrogen) atoms. The number of likely N-dealkylation sites (tertiary alicyclic amines) is 1. The number of pyridine rings is 1. The maximum Gasteiger partial charge on any atom is 0.317 e. The molecule has 0 saturated carbocycles. The maximum absolute atomic E-state index is 12.1. The van der Waals surface area contributed by atoms with E-state index >= 15 is 0 Å². The normalized spacial score (nSPS) is 16.3. The summed E-state index contributed by atoms with van der Waals surface area (Å²) >= 11 is 0. The summed E-state index contributed by atoms with van der Waals surface area (Å²) in [6.07, 6.45) is 3.86. The van der Waals surface area contributed by atoms with Crippen molar-refractivity contribution >= 4 is 6.03 Å². The second kappa shape index (κ2) is 8.84. The number of aliphatic hydroxyl groups is 1. The summed E-state index contributed by atoms with van der Waals surface area (Å²) in [5.74, 6) is 0.454. The van der Waals surface area contributed by atoms with Gasteiger partial charge in [0.25, 0.3) is 0 Å². The average Bonchev–Trinajstić information content (AvgIpc) is 2.55. The second-order valence-electron chi connectivity index (χ2n) is 6.36. The van der Waals surface area contributed by atoms with Crippen molar-refractivity contribution in [1.82, 2.24) is 20.1 Å². The summed E-state index contributed by atoms with van der Waals surface area (Å²) in [6, 6.07) is 3.88. The average molecular weight is 320 g/mol. The van der Waals surface area contributed by atoms with E-state index in [0.29, 0.717) is 25.6 Å². The first-order chi connectivity index (χ1) is 11.1. The fourth-order valence-electron chi connectivity index (χ4n) is 2.90. The van der Waals surface area contributed by atoms with Crippen molar-refractivity contribution in [3.63, 3.8) is 0 Å². The van der Waals surface area contributed by atoms with Crippen LogP contribution < -0.4 is 5.32 Å². The lowest BCUT2D eigenvalue weighted by Crippen LogP contribution is -2.43. The highest BCUT2D eigenvalue weighted by molar-refractivity contribution is 5.73. The third-order valence-corrected chi connectivity index (χ3v) is 4.40. The molecule has 2 amide bonds. The van der Waals surface area contributed by atoms with Crippen LogP contribution in [0.1, 0.15) is 24.1 Å². The topological polar surface area (TPSA) is 68.7 Å². The van der Waals surface area contributed by atoms with Gasteiger partial charge in [0.1, 0.15) is 0 Å². The van der Waals surface area contributed by atoms with E-state index in [1.807, 2.05) is 19.1 Å². The number of rotatable bonds is 6. The van der Waals surface area contributed by atoms with Gasteiger partial charge < -0.3 is 20.2 Å². The standard InChI is InChI=1S/C17H28N4O2/c1-14-11-16(3-6-18-14)12-20(2)17(23)19-7-10-21-8-4-15(13-22)5-9-21/h3,6,11,15,22H,4-5,7-10,12-13H2,1-2H3,(H,19,23). The molecule has 6 heteroatoms. The van der Waals surface area contributed by atoms with Crippen LogP contribution in [-0.2, 0) is 6.54 Å². The summed E-state index contributed by atoms with van der Waals surface area (Å²) in [5.41, 5.74) is 2.05. The molecule has 1 saturated heterocycles. The van der Waals surface area contributed by atoms with Gasteiger partial charge in [-0.05, 0) is 56.5 Å². The fourth-order valence-corrected chi connectivity index (χ4v) is 2.90. The van der Waals surface area contributed by atoms with Gasteiger partial charge in [-0.2, -0.15) is 0 Å². The summed E-state index contributed by atoms with van der Waals surface area (Å²) < 4.78 is 0. The predicted octanol–water partition coefficient (Wildman–Crippen LogP) is 1.24. The van der Waals surface area contributed by atoms with Gasteiger partial charge in [0.05, 0.1) is 0 Å². The minimum absolute atomic E-state index is 0.0512. The Morgan fingerprint density at radius 3 is 2.87 bits per heavy atom. The monoisotopic (exact) mass is 320 g/mol. The van der Waals surface area contributed by atoms with Gasteiger partial charge in [0.15, 0.2) is 0 Å². The first-order valence-corrected chi connectivity index (χ1v) is 8.32. The molecule has 0 atom stereocenters. The van der Waals surface area contributed by atoms with Crippen molar-refractivity contribution in [2.45, 2.75) is 26.3 Å². The molecule has 1 aliphatic heterocycles. The Bertz CT molecular complexity index is 501. The highest BCUT2D eigenvalue weighted by atomic mass is 16.3. The van der Waals surface area contributed by atoms with Crippen molar-refractivity contribution in [2.75, 3.05) is 39.8 Å². The van der Waals surface area contributed by atoms with Crippen LogP contribution in [0.4, 0.5) is 4.79 Å². The molecule has 2 N–H and O–H groups in total. The minimum atomic E-state index is -0.0512. The lowest BCUT2D eigenvalue weighted by molar-refractivity contribution is 0.132. The van der Waals surface area contributed by atoms with E-state index in [-0.39, 0.29) is 6.03 Å². The molecule has 1 fully saturated rings. The van der Waals surface area contributed by atoms with Gasteiger partial charge in [-0.25, -0.2) is 4.79 Å². The number of carbonyl (C=O) groups is 1. The van der Waals surface area contributed by atoms with Crippen molar-refractivity contribution in [1.29, 1.82) is 0 Å². The van der Waals surface area contributed by atoms with E-state index in [2.05, 4.69) is 15.2 Å². The number of piperidine rings is 1. The van der Waals surface area contributed by atoms with Gasteiger partial charge in [-0.15, -0.1) is 0 Å². The summed E-state index contributed by atoms with van der Waals surface area (Å²) in [6.45, 7) is 6.36. The summed E-state index contributed by atoms with van der Waals surface area (Å²) in [5, 5.41) is 12.1. The molecule has 1 aromatic rings. The molecule has 128 valence electrons. The fraction of sp³-hybridized carbons (Fsp3) is 0.647. The van der Waals surface area contributed by atoms with Crippen molar-refractivity contribution in [3.8, 4) is 0 Å². The van der Waals surface area contributed by atoms with Crippen molar-refractivity contribution in [3.05, 3.63) is 29.6 Å². The zero-order chi connectivity index (χ0) is 16.7. The molecule has 0 radical (unpaired) electrons. The first-order valence-electron chi connectivity index (χ1n) is 8.32. The Balaban J connectivity index is 1.66. The van der Waals surface area contributed by atoms with Gasteiger partial charge in [-0.1, -0.05) is 0 Å². The van der Waals surface area contributed by atoms with Crippen LogP contribution in [0.15, 0.2) is 18.3 Å². The SMILES string of the molecule is Cc1cc(CN(C)C(=O)NCCN2CCC(CO)CC2)ccn1. The van der Waals surface area contributed by atoms with Crippen molar-refractivity contribution in [2.24, 2.45) is 5.92 Å². The molecular formula is C17H28N4O2. The predicted molar refractivity (Wildman–Crippen MR) is 90.1 cm³/mol. The third-order valence-electron chi connectivity index (χ3n) is 4.40. The van der Waals surface area contributed by atoms with E-state index in [1.165, 1.54) is 0 Å². The number of aromatic nitrogens is 1. The number of carbonyl (C=O) groups excluding carboxylic acids is 1. The van der Waals surface area contributed by atoms with Crippen LogP contribution in [0.3, 0.4) is 0 Å². The zero-order valence-electron chi connectivity index (χ0n) is 14.2. The number of amides is 2. The van der Waals surface area contributed by atoms with Gasteiger partial charge in [0.2, 0.25) is 0 Å². The molecule has 1 aromatic heterocycles. The number of hydrogen-bond acceptors (Lipinski definition) is 4. The van der Waals surface area contributed by atoms with Crippen LogP contribution in [0.2, 0.25) is 0 Å². The second-order valence-corrected chi connectivity index (χ2v) is 6.36. The van der Waals surface area contributed by atoms with Gasteiger partial charge in [-0.3, -0.25) is 4.98 Å². The van der Waals surface area contributed by atoms with Crippen LogP contribution in [0.25, 0.3) is 0 Å². The zero-order valence-corrected chi connectivity index (χ0v) is 14.2. The van der Waals surface area contributed by atoms with Crippen LogP contribution in [0, 0.1) is 12.8 Å². The van der Waals surface area contributed by atoms with Crippen molar-refractivity contribution < 1.29 is 9.90 Å². The lowest BCUT2D eigenvalue weighted by atomic mass is 9.98. The van der Waals surface area contributed by atoms with Gasteiger partial charge in [0, 0.05) is 45.2 Å². The number of urea groups is 1. The van der Waals surface area contributed by atoms with E-state index in [1.54, 1.807) is 18.1 Å². The molecule has 2 heterocycles. The number of nitrogens with zero attached hydrogens (tertiary/aromatic N) is 3. The maximum atomic E-state index is 12.1. The number of aryl methyl sites for hydroxylation is 1. The molecule has 2 rings (SSSR count). The van der Waals surface area contributed by atoms with Gasteiger partial charge >= 0.3 is 6.03 Å². The molecule has 0 unspecified atom stereocenters. The number of aliphatic hydroxyl groups excluding tert-OH is 1. The summed E-state index contributed by atoms with van der Waals surface area (Å²) in [4.78, 5) is 20.3. The van der Waals surface area contributed by atoms with Crippen LogP contribution in [0.5, 0.6) is 0 Å². The Morgan fingerprint density at radius 2 is 2.22 bits per heavy atom. The van der Waals surface area contributed by atoms with E-state index in [4.69, 9.17) is 5.11 Å². The molecular weight excluding hydrogens is 292 g/mol. The van der Waals surface area contributed by atoms with E-state index in [0.717, 1.165) is 43.7 Å². The molecule has 6 nitrogen and oxygen atoms in total. The van der Waals surface area contributed by atoms with Crippen LogP contribution >= 0.6 is 0 Å². The summed E-state index contributed by atoms with van der Waals surface area (Å²) in [7, 11) is 1.80. The van der Waals surface area contributed by atoms with Crippen LogP contribution in [-0.4, -0.2) is 65.8 Å². The minimum Gasteiger partial charge on any atom is -0.396 e. The Hall–Kier alpha value is -1.66. The highest BCUT2D eigenvalue weighted by Gasteiger charge is 2.18. The molecule has 0 aromatic carbocycles. The first kappa shape index (κ1) is 17.7. The molecule has 0 bridgehead atoms. The third kappa shape index (κ3) is 5.80.